The molecule has 1 rings (SSSR count). The van der Waals surface area contributed by atoms with Crippen LogP contribution in [0.1, 0.15) is 20.3 Å². The number of hydrogen-bond acceptors (Lipinski definition) is 3. The molecule has 0 aromatic heterocycles. The van der Waals surface area contributed by atoms with Crippen molar-refractivity contribution < 1.29 is 0 Å². The molecule has 3 heteroatoms. The smallest absolute Gasteiger partial charge is 0.0258 e. The van der Waals surface area contributed by atoms with Gasteiger partial charge in [-0.3, -0.25) is 10.3 Å². The molecule has 0 spiro atoms. The van der Waals surface area contributed by atoms with E-state index in [1.54, 1.807) is 0 Å². The van der Waals surface area contributed by atoms with E-state index in [0.717, 1.165) is 6.54 Å². The van der Waals surface area contributed by atoms with Crippen molar-refractivity contribution >= 4 is 0 Å². The average molecular weight is 171 g/mol. The fourth-order valence-corrected chi connectivity index (χ4v) is 1.68. The van der Waals surface area contributed by atoms with Gasteiger partial charge in [-0.15, -0.1) is 0 Å². The van der Waals surface area contributed by atoms with Crippen LogP contribution in [0, 0.1) is 0 Å². The molecule has 1 fully saturated rings. The summed E-state index contributed by atoms with van der Waals surface area (Å²) in [5.74, 6) is 0. The van der Waals surface area contributed by atoms with Crippen molar-refractivity contribution in [1.82, 2.24) is 15.3 Å². The zero-order valence-corrected chi connectivity index (χ0v) is 8.51. The lowest BCUT2D eigenvalue weighted by Gasteiger charge is -2.24. The number of hydrogen-bond donors (Lipinski definition) is 1. The molecule has 12 heavy (non-hydrogen) atoms. The monoisotopic (exact) mass is 171 g/mol. The van der Waals surface area contributed by atoms with Crippen molar-refractivity contribution in [1.29, 1.82) is 0 Å². The Hall–Kier alpha value is -0.120. The summed E-state index contributed by atoms with van der Waals surface area (Å²) in [6, 6.07) is 0.696. The number of nitrogens with zero attached hydrogens (tertiary/aromatic N) is 2. The summed E-state index contributed by atoms with van der Waals surface area (Å²) in [5, 5.41) is 2.29. The number of nitrogens with one attached hydrogen (secondary N) is 1. The van der Waals surface area contributed by atoms with Crippen molar-refractivity contribution in [3.05, 3.63) is 0 Å². The maximum Gasteiger partial charge on any atom is 0.0258 e. The maximum atomic E-state index is 3.21. The lowest BCUT2D eigenvalue weighted by atomic mass is 10.3. The number of hydrazine groups is 1. The Kier molecular flexibility index (Phi) is 3.98. The van der Waals surface area contributed by atoms with Gasteiger partial charge in [0.1, 0.15) is 0 Å². The first kappa shape index (κ1) is 9.96. The molecule has 0 aliphatic carbocycles. The summed E-state index contributed by atoms with van der Waals surface area (Å²) in [5.41, 5.74) is 3.21. The van der Waals surface area contributed by atoms with E-state index in [0.29, 0.717) is 6.04 Å². The van der Waals surface area contributed by atoms with E-state index in [1.807, 2.05) is 7.05 Å². The second-order valence-electron chi connectivity index (χ2n) is 3.69. The minimum absolute atomic E-state index is 0.696. The molecule has 0 atom stereocenters. The Balaban J connectivity index is 2.34. The first-order chi connectivity index (χ1) is 5.74. The van der Waals surface area contributed by atoms with Crippen LogP contribution in [0.25, 0.3) is 0 Å². The summed E-state index contributed by atoms with van der Waals surface area (Å²) in [7, 11) is 2.00. The van der Waals surface area contributed by atoms with E-state index in [9.17, 15) is 0 Å². The molecule has 0 unspecified atom stereocenters. The van der Waals surface area contributed by atoms with Gasteiger partial charge in [0.25, 0.3) is 0 Å². The van der Waals surface area contributed by atoms with E-state index in [2.05, 4.69) is 29.2 Å². The van der Waals surface area contributed by atoms with Gasteiger partial charge in [0.15, 0.2) is 0 Å². The van der Waals surface area contributed by atoms with Gasteiger partial charge < -0.3 is 0 Å². The normalized spacial score (nSPS) is 23.0. The molecule has 0 saturated carbocycles. The minimum Gasteiger partial charge on any atom is -0.300 e. The van der Waals surface area contributed by atoms with E-state index in [1.165, 1.54) is 26.1 Å². The fourth-order valence-electron chi connectivity index (χ4n) is 1.68. The molecule has 0 aromatic carbocycles. The molecule has 1 N–H and O–H groups in total. The Morgan fingerprint density at radius 3 is 2.42 bits per heavy atom. The molecule has 1 heterocycles. The topological polar surface area (TPSA) is 18.5 Å². The van der Waals surface area contributed by atoms with Crippen molar-refractivity contribution in [3.8, 4) is 0 Å². The summed E-state index contributed by atoms with van der Waals surface area (Å²) >= 11 is 0. The molecule has 1 saturated heterocycles. The third kappa shape index (κ3) is 2.73. The van der Waals surface area contributed by atoms with Crippen LogP contribution in [0.5, 0.6) is 0 Å². The van der Waals surface area contributed by atoms with Gasteiger partial charge in [0, 0.05) is 25.7 Å². The van der Waals surface area contributed by atoms with Crippen molar-refractivity contribution in [2.24, 2.45) is 0 Å². The molecule has 72 valence electrons. The average Bonchev–Trinajstić information content (AvgIpc) is 2.28. The molecule has 0 radical (unpaired) electrons. The van der Waals surface area contributed by atoms with E-state index < -0.39 is 0 Å². The second kappa shape index (κ2) is 4.80. The summed E-state index contributed by atoms with van der Waals surface area (Å²) in [4.78, 5) is 2.54. The van der Waals surface area contributed by atoms with Gasteiger partial charge in [-0.2, -0.15) is 0 Å². The Morgan fingerprint density at radius 2 is 1.83 bits per heavy atom. The lowest BCUT2D eigenvalue weighted by Crippen LogP contribution is -2.39. The highest BCUT2D eigenvalue weighted by molar-refractivity contribution is 4.69. The summed E-state index contributed by atoms with van der Waals surface area (Å²) in [6.45, 7) is 9.31. The third-order valence-corrected chi connectivity index (χ3v) is 2.58. The van der Waals surface area contributed by atoms with Gasteiger partial charge in [0.2, 0.25) is 0 Å². The Morgan fingerprint density at radius 1 is 1.08 bits per heavy atom. The van der Waals surface area contributed by atoms with E-state index >= 15 is 0 Å². The number of rotatable bonds is 2. The zero-order chi connectivity index (χ0) is 8.97. The largest absolute Gasteiger partial charge is 0.300 e. The third-order valence-electron chi connectivity index (χ3n) is 2.58. The zero-order valence-electron chi connectivity index (χ0n) is 8.51. The molecule has 0 aromatic rings. The minimum atomic E-state index is 0.696. The van der Waals surface area contributed by atoms with Crippen LogP contribution >= 0.6 is 0 Å². The Labute approximate surface area is 75.7 Å². The second-order valence-corrected chi connectivity index (χ2v) is 3.69. The standard InChI is InChI=1S/C9H21N3/c1-9(2)11-5-4-6-12(10-3)8-7-11/h9-10H,4-8H2,1-3H3. The van der Waals surface area contributed by atoms with Crippen LogP contribution in [0.4, 0.5) is 0 Å². The van der Waals surface area contributed by atoms with Gasteiger partial charge in [0.05, 0.1) is 0 Å². The predicted octanol–water partition coefficient (Wildman–Crippen LogP) is 0.537. The lowest BCUT2D eigenvalue weighted by molar-refractivity contribution is 0.194. The van der Waals surface area contributed by atoms with E-state index in [4.69, 9.17) is 0 Å². The maximum absolute atomic E-state index is 3.21. The molecular formula is C9H21N3. The van der Waals surface area contributed by atoms with Crippen molar-refractivity contribution in [2.75, 3.05) is 33.2 Å². The molecule has 1 aliphatic rings. The van der Waals surface area contributed by atoms with Crippen LogP contribution in [0.2, 0.25) is 0 Å². The van der Waals surface area contributed by atoms with Gasteiger partial charge in [-0.25, -0.2) is 5.01 Å². The first-order valence-electron chi connectivity index (χ1n) is 4.90. The van der Waals surface area contributed by atoms with Crippen LogP contribution in [0.15, 0.2) is 0 Å². The summed E-state index contributed by atoms with van der Waals surface area (Å²) < 4.78 is 0. The highest BCUT2D eigenvalue weighted by atomic mass is 15.5. The predicted molar refractivity (Wildman–Crippen MR) is 52.0 cm³/mol. The van der Waals surface area contributed by atoms with Gasteiger partial charge in [-0.1, -0.05) is 0 Å². The molecule has 0 bridgehead atoms. The van der Waals surface area contributed by atoms with Crippen LogP contribution in [0.3, 0.4) is 0 Å². The summed E-state index contributed by atoms with van der Waals surface area (Å²) in [6.07, 6.45) is 1.28. The molecule has 0 amide bonds. The van der Waals surface area contributed by atoms with Crippen LogP contribution < -0.4 is 5.43 Å². The molecular weight excluding hydrogens is 150 g/mol. The highest BCUT2D eigenvalue weighted by Crippen LogP contribution is 2.04. The van der Waals surface area contributed by atoms with Crippen LogP contribution in [-0.2, 0) is 0 Å². The Bertz CT molecular complexity index is 125. The van der Waals surface area contributed by atoms with Gasteiger partial charge in [-0.05, 0) is 33.9 Å². The first-order valence-corrected chi connectivity index (χ1v) is 4.90. The van der Waals surface area contributed by atoms with Gasteiger partial charge >= 0.3 is 0 Å². The molecule has 3 nitrogen and oxygen atoms in total. The fraction of sp³-hybridized carbons (Fsp3) is 1.00. The highest BCUT2D eigenvalue weighted by Gasteiger charge is 2.14. The SMILES string of the molecule is CNN1CCCN(C(C)C)CC1. The van der Waals surface area contributed by atoms with Crippen molar-refractivity contribution in [3.63, 3.8) is 0 Å². The van der Waals surface area contributed by atoms with Crippen molar-refractivity contribution in [2.45, 2.75) is 26.3 Å². The van der Waals surface area contributed by atoms with Crippen LogP contribution in [-0.4, -0.2) is 49.2 Å². The molecule has 1 aliphatic heterocycles. The quantitative estimate of drug-likeness (QED) is 0.654. The van der Waals surface area contributed by atoms with E-state index in [-0.39, 0.29) is 0 Å².